The highest BCUT2D eigenvalue weighted by atomic mass is 32.2. The molecule has 1 saturated heterocycles. The standard InChI is InChI=1S/C7H16N2OS/c1-2-11(10)4-3-9-7-5-8-6-7/h7-9H,2-6H2,1H3. The van der Waals surface area contributed by atoms with Gasteiger partial charge in [0.15, 0.2) is 0 Å². The van der Waals surface area contributed by atoms with Crippen molar-refractivity contribution in [2.75, 3.05) is 31.1 Å². The lowest BCUT2D eigenvalue weighted by molar-refractivity contribution is 0.374. The molecule has 1 atom stereocenters. The topological polar surface area (TPSA) is 41.1 Å². The van der Waals surface area contributed by atoms with Crippen LogP contribution >= 0.6 is 0 Å². The summed E-state index contributed by atoms with van der Waals surface area (Å²) in [5, 5.41) is 6.50. The molecule has 0 aromatic rings. The first-order valence-electron chi connectivity index (χ1n) is 4.12. The van der Waals surface area contributed by atoms with Gasteiger partial charge in [-0.3, -0.25) is 4.21 Å². The summed E-state index contributed by atoms with van der Waals surface area (Å²) in [5.41, 5.74) is 0. The molecule has 1 aliphatic rings. The van der Waals surface area contributed by atoms with E-state index in [1.807, 2.05) is 6.92 Å². The molecular weight excluding hydrogens is 160 g/mol. The van der Waals surface area contributed by atoms with E-state index in [9.17, 15) is 4.21 Å². The Kier molecular flexibility index (Phi) is 4.04. The molecule has 4 heteroatoms. The quantitative estimate of drug-likeness (QED) is 0.583. The van der Waals surface area contributed by atoms with Gasteiger partial charge in [0, 0.05) is 48.0 Å². The summed E-state index contributed by atoms with van der Waals surface area (Å²) in [5.74, 6) is 1.58. The van der Waals surface area contributed by atoms with Crippen LogP contribution in [0.3, 0.4) is 0 Å². The summed E-state index contributed by atoms with van der Waals surface area (Å²) in [6.07, 6.45) is 0. The fraction of sp³-hybridized carbons (Fsp3) is 1.00. The Bertz CT molecular complexity index is 136. The average Bonchev–Trinajstić information content (AvgIpc) is 1.94. The molecule has 0 aromatic carbocycles. The van der Waals surface area contributed by atoms with E-state index < -0.39 is 10.8 Å². The van der Waals surface area contributed by atoms with Crippen LogP contribution in [-0.2, 0) is 10.8 Å². The fourth-order valence-corrected chi connectivity index (χ4v) is 1.59. The van der Waals surface area contributed by atoms with E-state index in [1.165, 1.54) is 0 Å². The lowest BCUT2D eigenvalue weighted by Gasteiger charge is -2.27. The van der Waals surface area contributed by atoms with Crippen molar-refractivity contribution < 1.29 is 4.21 Å². The van der Waals surface area contributed by atoms with E-state index in [-0.39, 0.29) is 0 Å². The normalized spacial score (nSPS) is 21.2. The fourth-order valence-electron chi connectivity index (χ4n) is 0.954. The minimum atomic E-state index is -0.604. The van der Waals surface area contributed by atoms with Gasteiger partial charge in [-0.05, 0) is 0 Å². The largest absolute Gasteiger partial charge is 0.314 e. The van der Waals surface area contributed by atoms with Gasteiger partial charge in [-0.15, -0.1) is 0 Å². The molecule has 1 rings (SSSR count). The van der Waals surface area contributed by atoms with Crippen LogP contribution in [0.1, 0.15) is 6.92 Å². The van der Waals surface area contributed by atoms with Crippen LogP contribution in [-0.4, -0.2) is 41.4 Å². The Morgan fingerprint density at radius 3 is 2.82 bits per heavy atom. The van der Waals surface area contributed by atoms with E-state index in [1.54, 1.807) is 0 Å². The summed E-state index contributed by atoms with van der Waals surface area (Å²) in [6, 6.07) is 0.629. The lowest BCUT2D eigenvalue weighted by Crippen LogP contribution is -2.55. The molecule has 0 amide bonds. The van der Waals surface area contributed by atoms with Crippen molar-refractivity contribution in [2.45, 2.75) is 13.0 Å². The second kappa shape index (κ2) is 4.85. The third-order valence-electron chi connectivity index (χ3n) is 1.87. The predicted molar refractivity (Wildman–Crippen MR) is 48.2 cm³/mol. The molecule has 0 aliphatic carbocycles. The summed E-state index contributed by atoms with van der Waals surface area (Å²) < 4.78 is 11.0. The highest BCUT2D eigenvalue weighted by molar-refractivity contribution is 7.84. The minimum Gasteiger partial charge on any atom is -0.314 e. The molecule has 0 bridgehead atoms. The molecule has 1 aliphatic heterocycles. The zero-order valence-corrected chi connectivity index (χ0v) is 7.75. The first-order chi connectivity index (χ1) is 5.33. The van der Waals surface area contributed by atoms with Gasteiger partial charge in [-0.2, -0.15) is 0 Å². The average molecular weight is 176 g/mol. The maximum absolute atomic E-state index is 11.0. The van der Waals surface area contributed by atoms with E-state index in [4.69, 9.17) is 0 Å². The molecule has 0 radical (unpaired) electrons. The molecule has 0 saturated carbocycles. The summed E-state index contributed by atoms with van der Waals surface area (Å²) in [6.45, 7) is 4.99. The minimum absolute atomic E-state index is 0.604. The Hall–Kier alpha value is 0.0700. The Morgan fingerprint density at radius 2 is 2.36 bits per heavy atom. The zero-order chi connectivity index (χ0) is 8.10. The molecule has 1 fully saturated rings. The molecule has 66 valence electrons. The molecule has 2 N–H and O–H groups in total. The first kappa shape index (κ1) is 9.16. The highest BCUT2D eigenvalue weighted by Gasteiger charge is 2.14. The smallest absolute Gasteiger partial charge is 0.0360 e. The summed E-state index contributed by atoms with van der Waals surface area (Å²) in [4.78, 5) is 0. The molecule has 3 nitrogen and oxygen atoms in total. The Morgan fingerprint density at radius 1 is 1.64 bits per heavy atom. The molecule has 0 spiro atoms. The highest BCUT2D eigenvalue weighted by Crippen LogP contribution is 1.89. The second-order valence-electron chi connectivity index (χ2n) is 2.74. The molecular formula is C7H16N2OS. The van der Waals surface area contributed by atoms with Gasteiger partial charge in [-0.25, -0.2) is 0 Å². The van der Waals surface area contributed by atoms with Crippen molar-refractivity contribution >= 4 is 10.8 Å². The van der Waals surface area contributed by atoms with Crippen LogP contribution in [0.4, 0.5) is 0 Å². The van der Waals surface area contributed by atoms with Crippen LogP contribution in [0.5, 0.6) is 0 Å². The van der Waals surface area contributed by atoms with Crippen LogP contribution in [0, 0.1) is 0 Å². The maximum atomic E-state index is 11.0. The Labute approximate surface area is 70.4 Å². The molecule has 1 heterocycles. The van der Waals surface area contributed by atoms with E-state index in [0.29, 0.717) is 6.04 Å². The lowest BCUT2D eigenvalue weighted by atomic mass is 10.2. The SMILES string of the molecule is CCS(=O)CCNC1CNC1. The van der Waals surface area contributed by atoms with Crippen molar-refractivity contribution in [3.8, 4) is 0 Å². The Balaban J connectivity index is 1.90. The number of hydrogen-bond donors (Lipinski definition) is 2. The van der Waals surface area contributed by atoms with Crippen molar-refractivity contribution in [2.24, 2.45) is 0 Å². The van der Waals surface area contributed by atoms with Crippen LogP contribution in [0.15, 0.2) is 0 Å². The van der Waals surface area contributed by atoms with Gasteiger partial charge < -0.3 is 10.6 Å². The van der Waals surface area contributed by atoms with E-state index in [0.717, 1.165) is 31.1 Å². The monoisotopic (exact) mass is 176 g/mol. The van der Waals surface area contributed by atoms with Gasteiger partial charge in [0.05, 0.1) is 0 Å². The van der Waals surface area contributed by atoms with Crippen molar-refractivity contribution in [1.29, 1.82) is 0 Å². The van der Waals surface area contributed by atoms with Crippen molar-refractivity contribution in [3.05, 3.63) is 0 Å². The third kappa shape index (κ3) is 3.31. The van der Waals surface area contributed by atoms with Gasteiger partial charge >= 0.3 is 0 Å². The summed E-state index contributed by atoms with van der Waals surface area (Å²) in [7, 11) is -0.604. The van der Waals surface area contributed by atoms with Crippen molar-refractivity contribution in [3.63, 3.8) is 0 Å². The molecule has 0 aromatic heterocycles. The van der Waals surface area contributed by atoms with E-state index >= 15 is 0 Å². The number of rotatable bonds is 5. The molecule has 11 heavy (non-hydrogen) atoms. The molecule has 1 unspecified atom stereocenters. The van der Waals surface area contributed by atoms with E-state index in [2.05, 4.69) is 10.6 Å². The summed E-state index contributed by atoms with van der Waals surface area (Å²) >= 11 is 0. The predicted octanol–water partition coefficient (Wildman–Crippen LogP) is -0.684. The van der Waals surface area contributed by atoms with Crippen LogP contribution in [0.25, 0.3) is 0 Å². The zero-order valence-electron chi connectivity index (χ0n) is 6.93. The maximum Gasteiger partial charge on any atom is 0.0360 e. The van der Waals surface area contributed by atoms with Gasteiger partial charge in [0.1, 0.15) is 0 Å². The van der Waals surface area contributed by atoms with Gasteiger partial charge in [-0.1, -0.05) is 6.92 Å². The second-order valence-corrected chi connectivity index (χ2v) is 4.61. The first-order valence-corrected chi connectivity index (χ1v) is 5.60. The van der Waals surface area contributed by atoms with Crippen LogP contribution < -0.4 is 10.6 Å². The van der Waals surface area contributed by atoms with Gasteiger partial charge in [0.2, 0.25) is 0 Å². The van der Waals surface area contributed by atoms with Crippen LogP contribution in [0.2, 0.25) is 0 Å². The third-order valence-corrected chi connectivity index (χ3v) is 3.17. The van der Waals surface area contributed by atoms with Gasteiger partial charge in [0.25, 0.3) is 0 Å². The number of hydrogen-bond acceptors (Lipinski definition) is 3. The number of nitrogens with one attached hydrogen (secondary N) is 2. The van der Waals surface area contributed by atoms with Crippen molar-refractivity contribution in [1.82, 2.24) is 10.6 Å².